The van der Waals surface area contributed by atoms with Crippen LogP contribution in [0.2, 0.25) is 0 Å². The molecular formula is C28H29NO9. The van der Waals surface area contributed by atoms with Crippen LogP contribution in [0.3, 0.4) is 0 Å². The predicted octanol–water partition coefficient (Wildman–Crippen LogP) is 2.61. The van der Waals surface area contributed by atoms with Crippen molar-refractivity contribution in [2.75, 3.05) is 20.3 Å². The minimum absolute atomic E-state index is 0.0139. The summed E-state index contributed by atoms with van der Waals surface area (Å²) in [5.74, 6) is -1.64. The highest BCUT2D eigenvalue weighted by Crippen LogP contribution is 2.57. The number of hydrogen-bond acceptors (Lipinski definition) is 10. The molecule has 1 heterocycles. The fourth-order valence-electron chi connectivity index (χ4n) is 4.65. The van der Waals surface area contributed by atoms with E-state index >= 15 is 0 Å². The van der Waals surface area contributed by atoms with Crippen molar-refractivity contribution in [3.8, 4) is 28.7 Å². The molecule has 38 heavy (non-hydrogen) atoms. The van der Waals surface area contributed by atoms with Crippen molar-refractivity contribution >= 4 is 17.3 Å². The first-order valence-electron chi connectivity index (χ1n) is 11.9. The Hall–Kier alpha value is -4.31. The number of benzene rings is 2. The molecule has 0 aromatic heterocycles. The minimum Gasteiger partial charge on any atom is -0.507 e. The molecule has 10 heteroatoms. The van der Waals surface area contributed by atoms with Crippen molar-refractivity contribution < 1.29 is 43.9 Å². The second-order valence-electron chi connectivity index (χ2n) is 9.41. The van der Waals surface area contributed by atoms with Gasteiger partial charge in [-0.1, -0.05) is 0 Å². The summed E-state index contributed by atoms with van der Waals surface area (Å²) in [5.41, 5.74) is -1.71. The Bertz CT molecular complexity index is 1400. The number of ketones is 3. The van der Waals surface area contributed by atoms with E-state index in [2.05, 4.69) is 5.32 Å². The normalized spacial score (nSPS) is 20.1. The maximum atomic E-state index is 13.8. The summed E-state index contributed by atoms with van der Waals surface area (Å²) in [6.07, 6.45) is 0.174. The van der Waals surface area contributed by atoms with Crippen LogP contribution in [0.25, 0.3) is 0 Å². The molecule has 0 bridgehead atoms. The lowest BCUT2D eigenvalue weighted by atomic mass is 9.70. The average Bonchev–Trinajstić information content (AvgIpc) is 3.17. The number of aliphatic hydroxyl groups excluding tert-OH is 1. The van der Waals surface area contributed by atoms with E-state index in [9.17, 15) is 29.7 Å². The van der Waals surface area contributed by atoms with Gasteiger partial charge in [-0.15, -0.1) is 0 Å². The molecular weight excluding hydrogens is 494 g/mol. The molecule has 0 fully saturated rings. The minimum atomic E-state index is -1.61. The van der Waals surface area contributed by atoms with Crippen LogP contribution in [-0.4, -0.2) is 59.0 Å². The summed E-state index contributed by atoms with van der Waals surface area (Å²) >= 11 is 0. The molecule has 1 aliphatic carbocycles. The lowest BCUT2D eigenvalue weighted by Gasteiger charge is -2.29. The van der Waals surface area contributed by atoms with Crippen LogP contribution in [0.1, 0.15) is 42.3 Å². The van der Waals surface area contributed by atoms with Gasteiger partial charge in [0.1, 0.15) is 58.2 Å². The van der Waals surface area contributed by atoms with Gasteiger partial charge in [0.25, 0.3) is 0 Å². The van der Waals surface area contributed by atoms with E-state index in [4.69, 9.17) is 14.2 Å². The topological polar surface area (TPSA) is 152 Å². The van der Waals surface area contributed by atoms with Crippen molar-refractivity contribution in [3.05, 3.63) is 64.1 Å². The van der Waals surface area contributed by atoms with Crippen molar-refractivity contribution in [3.63, 3.8) is 0 Å². The van der Waals surface area contributed by atoms with Crippen LogP contribution in [0, 0.1) is 6.92 Å². The maximum Gasteiger partial charge on any atom is 0.194 e. The van der Waals surface area contributed by atoms with E-state index < -0.39 is 40.4 Å². The van der Waals surface area contributed by atoms with Gasteiger partial charge in [-0.3, -0.25) is 14.4 Å². The van der Waals surface area contributed by atoms with E-state index in [1.807, 2.05) is 0 Å². The Kier molecular flexibility index (Phi) is 6.94. The fraction of sp³-hybridized carbons (Fsp3) is 0.321. The number of Topliss-reactive ketones (excluding diaryl/α,β-unsaturated/α-hetero) is 2. The number of methoxy groups -OCH3 is 1. The number of phenols is 2. The lowest BCUT2D eigenvalue weighted by molar-refractivity contribution is -0.123. The average molecular weight is 524 g/mol. The lowest BCUT2D eigenvalue weighted by Crippen LogP contribution is -2.42. The van der Waals surface area contributed by atoms with Gasteiger partial charge < -0.3 is 34.8 Å². The third-order valence-corrected chi connectivity index (χ3v) is 6.86. The Balaban J connectivity index is 1.58. The number of phenolic OH excluding ortho intramolecular Hbond substituents is 2. The fourth-order valence-corrected chi connectivity index (χ4v) is 4.65. The molecule has 1 aliphatic heterocycles. The monoisotopic (exact) mass is 523 g/mol. The summed E-state index contributed by atoms with van der Waals surface area (Å²) < 4.78 is 16.4. The van der Waals surface area contributed by atoms with Gasteiger partial charge in [0.2, 0.25) is 0 Å². The van der Waals surface area contributed by atoms with Crippen molar-refractivity contribution in [2.45, 2.75) is 39.2 Å². The number of nitrogens with one attached hydrogen (secondary N) is 1. The maximum absolute atomic E-state index is 13.8. The van der Waals surface area contributed by atoms with Crippen LogP contribution in [0.5, 0.6) is 28.7 Å². The van der Waals surface area contributed by atoms with Gasteiger partial charge >= 0.3 is 0 Å². The Morgan fingerprint density at radius 1 is 1.11 bits per heavy atom. The zero-order valence-corrected chi connectivity index (χ0v) is 21.7. The predicted molar refractivity (Wildman–Crippen MR) is 136 cm³/mol. The SMILES string of the molecule is COc1ccc(OCC(O)CNC(C)=C2C(=O)C=C3Oc4c(C(C)=O)c(O)c(C)c(O)c4C3(C)C2=O)cc1. The Morgan fingerprint density at radius 2 is 1.74 bits per heavy atom. The van der Waals surface area contributed by atoms with E-state index in [0.29, 0.717) is 11.5 Å². The first-order valence-corrected chi connectivity index (χ1v) is 11.9. The van der Waals surface area contributed by atoms with E-state index in [1.54, 1.807) is 31.4 Å². The second kappa shape index (κ2) is 9.86. The molecule has 0 saturated heterocycles. The molecule has 4 N–H and O–H groups in total. The van der Waals surface area contributed by atoms with E-state index in [-0.39, 0.29) is 52.6 Å². The standard InChI is InChI=1S/C28H29NO9/c1-13-24(33)22(15(3)30)26-23(25(13)34)28(4)20(38-26)10-19(32)21(27(28)35)14(2)29-11-16(31)12-37-18-8-6-17(36-5)7-9-18/h6-10,16,29,31,33-34H,11-12H2,1-5H3. The summed E-state index contributed by atoms with van der Waals surface area (Å²) in [5, 5.41) is 34.6. The van der Waals surface area contributed by atoms with Gasteiger partial charge in [0.05, 0.1) is 18.2 Å². The van der Waals surface area contributed by atoms with Crippen LogP contribution in [-0.2, 0) is 15.0 Å². The summed E-state index contributed by atoms with van der Waals surface area (Å²) in [6.45, 7) is 5.61. The molecule has 4 rings (SSSR count). The third-order valence-electron chi connectivity index (χ3n) is 6.86. The molecule has 10 nitrogen and oxygen atoms in total. The summed E-state index contributed by atoms with van der Waals surface area (Å²) in [4.78, 5) is 39.0. The molecule has 0 amide bonds. The van der Waals surface area contributed by atoms with Crippen LogP contribution in [0.4, 0.5) is 0 Å². The number of fused-ring (bicyclic) bond motifs is 3. The van der Waals surface area contributed by atoms with Crippen molar-refractivity contribution in [1.82, 2.24) is 5.32 Å². The summed E-state index contributed by atoms with van der Waals surface area (Å²) in [6, 6.07) is 6.85. The second-order valence-corrected chi connectivity index (χ2v) is 9.41. The zero-order chi connectivity index (χ0) is 27.9. The van der Waals surface area contributed by atoms with Gasteiger partial charge in [-0.2, -0.15) is 0 Å². The Morgan fingerprint density at radius 3 is 2.34 bits per heavy atom. The summed E-state index contributed by atoms with van der Waals surface area (Å²) in [7, 11) is 1.55. The molecule has 2 aromatic rings. The highest BCUT2D eigenvalue weighted by Gasteiger charge is 2.56. The van der Waals surface area contributed by atoms with Crippen molar-refractivity contribution in [1.29, 1.82) is 0 Å². The largest absolute Gasteiger partial charge is 0.507 e. The molecule has 2 unspecified atom stereocenters. The third kappa shape index (κ3) is 4.26. The van der Waals surface area contributed by atoms with Crippen molar-refractivity contribution in [2.24, 2.45) is 0 Å². The number of carbonyl (C=O) groups is 3. The highest BCUT2D eigenvalue weighted by molar-refractivity contribution is 6.31. The molecule has 0 radical (unpaired) electrons. The van der Waals surface area contributed by atoms with Gasteiger partial charge in [0, 0.05) is 23.9 Å². The smallest absolute Gasteiger partial charge is 0.194 e. The highest BCUT2D eigenvalue weighted by atomic mass is 16.5. The molecule has 2 aromatic carbocycles. The van der Waals surface area contributed by atoms with E-state index in [0.717, 1.165) is 6.08 Å². The Labute approximate surface area is 219 Å². The first kappa shape index (κ1) is 26.7. The first-order chi connectivity index (χ1) is 17.9. The number of rotatable bonds is 8. The molecule has 0 spiro atoms. The van der Waals surface area contributed by atoms with Gasteiger partial charge in [-0.05, 0) is 52.0 Å². The molecule has 0 saturated carbocycles. The number of carbonyl (C=O) groups excluding carboxylic acids is 3. The number of aliphatic hydroxyl groups is 1. The number of ether oxygens (including phenoxy) is 3. The quantitative estimate of drug-likeness (QED) is 0.231. The van der Waals surface area contributed by atoms with E-state index in [1.165, 1.54) is 27.7 Å². The number of aromatic hydroxyl groups is 2. The van der Waals surface area contributed by atoms with Gasteiger partial charge in [0.15, 0.2) is 17.3 Å². The zero-order valence-electron chi connectivity index (χ0n) is 21.7. The van der Waals surface area contributed by atoms with Crippen LogP contribution < -0.4 is 19.5 Å². The van der Waals surface area contributed by atoms with Gasteiger partial charge in [-0.25, -0.2) is 0 Å². The van der Waals surface area contributed by atoms with Crippen LogP contribution in [0.15, 0.2) is 47.4 Å². The molecule has 2 aliphatic rings. The number of hydrogen-bond donors (Lipinski definition) is 4. The molecule has 200 valence electrons. The molecule has 2 atom stereocenters. The number of allylic oxidation sites excluding steroid dienone is 4. The van der Waals surface area contributed by atoms with Crippen LogP contribution >= 0.6 is 0 Å².